The average molecular weight is 516 g/mol. The fourth-order valence-electron chi connectivity index (χ4n) is 9.22. The second kappa shape index (κ2) is 9.89. The molecule has 2 bridgehead atoms. The summed E-state index contributed by atoms with van der Waals surface area (Å²) in [5, 5.41) is 6.89. The third-order valence-electron chi connectivity index (χ3n) is 9.11. The van der Waals surface area contributed by atoms with Gasteiger partial charge in [0.1, 0.15) is 11.6 Å². The van der Waals surface area contributed by atoms with Crippen LogP contribution in [-0.2, 0) is 4.79 Å². The van der Waals surface area contributed by atoms with Crippen LogP contribution in [0.3, 0.4) is 0 Å². The first-order valence-corrected chi connectivity index (χ1v) is 14.1. The van der Waals surface area contributed by atoms with Crippen LogP contribution in [0.4, 0.5) is 4.39 Å². The van der Waals surface area contributed by atoms with Gasteiger partial charge in [-0.1, -0.05) is 34.6 Å². The highest BCUT2D eigenvalue weighted by Gasteiger charge is 2.55. The SMILES string of the molecule is CC1CCCN1C(=O)c1cc(C2CC2)c(OCC2(C)CC3(C)CC(C)(C)CC(C)(C2)C3)cc1F.O=CO. The molecule has 1 aromatic carbocycles. The number of fused-ring (bicyclic) bond motifs is 2. The lowest BCUT2D eigenvalue weighted by Gasteiger charge is -2.60. The molecule has 3 saturated carbocycles. The fourth-order valence-corrected chi connectivity index (χ4v) is 9.22. The first kappa shape index (κ1) is 27.9. The monoisotopic (exact) mass is 515 g/mol. The van der Waals surface area contributed by atoms with E-state index in [-0.39, 0.29) is 29.4 Å². The van der Waals surface area contributed by atoms with E-state index >= 15 is 4.39 Å². The van der Waals surface area contributed by atoms with Crippen molar-refractivity contribution in [2.75, 3.05) is 13.2 Å². The number of halogens is 1. The quantitative estimate of drug-likeness (QED) is 0.414. The standard InChI is InChI=1S/C30H44FNO2.CH2O2/c1-20-8-7-11-32(20)26(33)23-12-22(21-9-10-21)25(13-24(23)31)34-19-30(6)17-28(4)14-27(2,3)15-29(5,16-28)18-30;2-1-3/h12-13,20-21H,7-11,14-19H2,1-6H3;1H,(H,2,3). The molecule has 1 saturated heterocycles. The van der Waals surface area contributed by atoms with E-state index in [0.29, 0.717) is 34.5 Å². The minimum Gasteiger partial charge on any atom is -0.493 e. The van der Waals surface area contributed by atoms with Gasteiger partial charge in [0.25, 0.3) is 12.4 Å². The minimum atomic E-state index is -0.435. The topological polar surface area (TPSA) is 66.8 Å². The molecule has 0 spiro atoms. The molecule has 0 radical (unpaired) electrons. The maximum atomic E-state index is 15.3. The van der Waals surface area contributed by atoms with E-state index in [1.165, 1.54) is 25.3 Å². The molecule has 0 aromatic heterocycles. The summed E-state index contributed by atoms with van der Waals surface area (Å²) in [6, 6.07) is 3.52. The van der Waals surface area contributed by atoms with Crippen LogP contribution >= 0.6 is 0 Å². The number of hydrogen-bond donors (Lipinski definition) is 1. The number of rotatable bonds is 5. The Balaban J connectivity index is 0.00000102. The predicted octanol–water partition coefficient (Wildman–Crippen LogP) is 7.43. The van der Waals surface area contributed by atoms with Crippen molar-refractivity contribution < 1.29 is 23.8 Å². The lowest BCUT2D eigenvalue weighted by molar-refractivity contribution is -0.122. The van der Waals surface area contributed by atoms with E-state index in [4.69, 9.17) is 14.6 Å². The number of nitrogens with zero attached hydrogens (tertiary/aromatic N) is 1. The highest BCUT2D eigenvalue weighted by atomic mass is 19.1. The van der Waals surface area contributed by atoms with Crippen molar-refractivity contribution in [2.45, 2.75) is 111 Å². The number of benzene rings is 1. The normalized spacial score (nSPS) is 34.4. The molecule has 5 nitrogen and oxygen atoms in total. The Morgan fingerprint density at radius 2 is 1.65 bits per heavy atom. The Morgan fingerprint density at radius 3 is 2.16 bits per heavy atom. The van der Waals surface area contributed by atoms with Gasteiger partial charge in [-0.3, -0.25) is 9.59 Å². The number of ether oxygens (including phenoxy) is 1. The molecule has 1 N–H and O–H groups in total. The van der Waals surface area contributed by atoms with Crippen LogP contribution in [-0.4, -0.2) is 41.6 Å². The summed E-state index contributed by atoms with van der Waals surface area (Å²) in [4.78, 5) is 23.3. The molecule has 37 heavy (non-hydrogen) atoms. The highest BCUT2D eigenvalue weighted by molar-refractivity contribution is 5.95. The van der Waals surface area contributed by atoms with Crippen LogP contribution in [0.5, 0.6) is 5.75 Å². The number of amides is 1. The van der Waals surface area contributed by atoms with E-state index in [0.717, 1.165) is 50.6 Å². The summed E-state index contributed by atoms with van der Waals surface area (Å²) in [5.41, 5.74) is 2.40. The Morgan fingerprint density at radius 1 is 1.05 bits per heavy atom. The van der Waals surface area contributed by atoms with Crippen molar-refractivity contribution in [3.63, 3.8) is 0 Å². The highest BCUT2D eigenvalue weighted by Crippen LogP contribution is 2.65. The smallest absolute Gasteiger partial charge is 0.290 e. The Hall–Kier alpha value is -2.11. The number of carbonyl (C=O) groups excluding carboxylic acids is 1. The molecule has 1 aromatic rings. The van der Waals surface area contributed by atoms with Crippen LogP contribution in [0.15, 0.2) is 12.1 Å². The molecule has 5 rings (SSSR count). The van der Waals surface area contributed by atoms with Gasteiger partial charge in [-0.25, -0.2) is 4.39 Å². The molecule has 1 heterocycles. The maximum absolute atomic E-state index is 15.3. The van der Waals surface area contributed by atoms with E-state index in [9.17, 15) is 4.79 Å². The van der Waals surface area contributed by atoms with Gasteiger partial charge in [-0.2, -0.15) is 0 Å². The predicted molar refractivity (Wildman–Crippen MR) is 143 cm³/mol. The first-order chi connectivity index (χ1) is 17.2. The van der Waals surface area contributed by atoms with Gasteiger partial charge in [-0.15, -0.1) is 0 Å². The number of carboxylic acid groups (broad SMARTS) is 1. The molecule has 3 unspecified atom stereocenters. The summed E-state index contributed by atoms with van der Waals surface area (Å²) < 4.78 is 21.8. The van der Waals surface area contributed by atoms with Gasteiger partial charge in [0.05, 0.1) is 12.2 Å². The average Bonchev–Trinajstić information content (AvgIpc) is 3.49. The van der Waals surface area contributed by atoms with Gasteiger partial charge in [0.2, 0.25) is 0 Å². The van der Waals surface area contributed by atoms with Crippen LogP contribution in [0.2, 0.25) is 0 Å². The van der Waals surface area contributed by atoms with Gasteiger partial charge in [0, 0.05) is 24.1 Å². The van der Waals surface area contributed by atoms with Gasteiger partial charge in [0.15, 0.2) is 0 Å². The third kappa shape index (κ3) is 6.15. The van der Waals surface area contributed by atoms with Crippen molar-refractivity contribution >= 4 is 12.4 Å². The Labute approximate surface area is 222 Å². The van der Waals surface area contributed by atoms with Crippen molar-refractivity contribution in [1.29, 1.82) is 0 Å². The first-order valence-electron chi connectivity index (χ1n) is 14.1. The number of likely N-dealkylation sites (tertiary alicyclic amines) is 1. The largest absolute Gasteiger partial charge is 0.493 e. The van der Waals surface area contributed by atoms with Crippen LogP contribution in [0, 0.1) is 27.5 Å². The van der Waals surface area contributed by atoms with Gasteiger partial charge in [-0.05, 0) is 98.5 Å². The fraction of sp³-hybridized carbons (Fsp3) is 0.742. The zero-order valence-corrected chi connectivity index (χ0v) is 23.7. The second-order valence-electron chi connectivity index (χ2n) is 14.5. The van der Waals surface area contributed by atoms with E-state index < -0.39 is 5.82 Å². The zero-order valence-electron chi connectivity index (χ0n) is 23.7. The minimum absolute atomic E-state index is 0.0784. The number of hydrogen-bond acceptors (Lipinski definition) is 3. The molecule has 1 aliphatic heterocycles. The summed E-state index contributed by atoms with van der Waals surface area (Å²) in [6.45, 7) is 15.3. The summed E-state index contributed by atoms with van der Waals surface area (Å²) in [5.74, 6) is 0.465. The van der Waals surface area contributed by atoms with E-state index in [1.807, 2.05) is 11.0 Å². The summed E-state index contributed by atoms with van der Waals surface area (Å²) >= 11 is 0. The molecule has 4 aliphatic rings. The van der Waals surface area contributed by atoms with Gasteiger partial charge >= 0.3 is 0 Å². The van der Waals surface area contributed by atoms with E-state index in [1.54, 1.807) is 0 Å². The van der Waals surface area contributed by atoms with Crippen LogP contribution in [0.1, 0.15) is 121 Å². The molecular weight excluding hydrogens is 469 g/mol. The molecular formula is C31H46FNO4. The molecule has 3 aliphatic carbocycles. The lowest BCUT2D eigenvalue weighted by atomic mass is 9.45. The lowest BCUT2D eigenvalue weighted by Crippen LogP contribution is -2.51. The Bertz CT molecular complexity index is 1000. The molecule has 6 heteroatoms. The van der Waals surface area contributed by atoms with Gasteiger partial charge < -0.3 is 14.7 Å². The van der Waals surface area contributed by atoms with Crippen molar-refractivity contribution in [1.82, 2.24) is 4.90 Å². The third-order valence-corrected chi connectivity index (χ3v) is 9.11. The molecule has 4 fully saturated rings. The Kier molecular flexibility index (Phi) is 7.46. The zero-order chi connectivity index (χ0) is 27.2. The van der Waals surface area contributed by atoms with Crippen LogP contribution in [0.25, 0.3) is 0 Å². The van der Waals surface area contributed by atoms with Crippen LogP contribution < -0.4 is 4.74 Å². The molecule has 3 atom stereocenters. The maximum Gasteiger partial charge on any atom is 0.290 e. The summed E-state index contributed by atoms with van der Waals surface area (Å²) in [7, 11) is 0. The second-order valence-corrected chi connectivity index (χ2v) is 14.5. The van der Waals surface area contributed by atoms with Crippen molar-refractivity contribution in [3.05, 3.63) is 29.1 Å². The molecule has 206 valence electrons. The van der Waals surface area contributed by atoms with Crippen molar-refractivity contribution in [3.8, 4) is 5.75 Å². The van der Waals surface area contributed by atoms with Crippen molar-refractivity contribution in [2.24, 2.45) is 21.7 Å². The number of carbonyl (C=O) groups is 2. The van der Waals surface area contributed by atoms with E-state index in [2.05, 4.69) is 41.5 Å². The molecule has 1 amide bonds. The summed E-state index contributed by atoms with van der Waals surface area (Å²) in [6.07, 6.45) is 10.3.